The fraction of sp³-hybridized carbons (Fsp3) is 0.600. The van der Waals surface area contributed by atoms with Crippen molar-refractivity contribution in [3.63, 3.8) is 0 Å². The van der Waals surface area contributed by atoms with E-state index in [2.05, 4.69) is 24.5 Å². The summed E-state index contributed by atoms with van der Waals surface area (Å²) in [4.78, 5) is 26.5. The maximum Gasteiger partial charge on any atom is 0.241 e. The van der Waals surface area contributed by atoms with Gasteiger partial charge in [0.1, 0.15) is 0 Å². The first-order valence-corrected chi connectivity index (χ1v) is 9.66. The van der Waals surface area contributed by atoms with E-state index in [0.29, 0.717) is 38.4 Å². The Morgan fingerprint density at radius 2 is 1.75 bits per heavy atom. The lowest BCUT2D eigenvalue weighted by Crippen LogP contribution is -2.48. The van der Waals surface area contributed by atoms with Crippen LogP contribution in [0.2, 0.25) is 0 Å². The van der Waals surface area contributed by atoms with E-state index in [9.17, 15) is 22.8 Å². The summed E-state index contributed by atoms with van der Waals surface area (Å²) in [7, 11) is 0. The minimum Gasteiger partial charge on any atom is -0.356 e. The van der Waals surface area contributed by atoms with Crippen molar-refractivity contribution in [1.82, 2.24) is 10.2 Å². The van der Waals surface area contributed by atoms with E-state index in [-0.39, 0.29) is 11.8 Å². The Morgan fingerprint density at radius 1 is 1.11 bits per heavy atom. The molecule has 1 aliphatic heterocycles. The van der Waals surface area contributed by atoms with Crippen LogP contribution in [0.15, 0.2) is 12.1 Å². The fourth-order valence-corrected chi connectivity index (χ4v) is 3.20. The number of halogens is 3. The fourth-order valence-electron chi connectivity index (χ4n) is 3.20. The van der Waals surface area contributed by atoms with Crippen LogP contribution in [0, 0.1) is 29.3 Å². The highest BCUT2D eigenvalue weighted by Gasteiger charge is 2.30. The van der Waals surface area contributed by atoms with Gasteiger partial charge in [-0.05, 0) is 57.3 Å². The van der Waals surface area contributed by atoms with Crippen molar-refractivity contribution in [1.29, 1.82) is 0 Å². The van der Waals surface area contributed by atoms with Gasteiger partial charge in [0.25, 0.3) is 0 Å². The minimum atomic E-state index is -1.62. The summed E-state index contributed by atoms with van der Waals surface area (Å²) in [6, 6.07) is 1.17. The van der Waals surface area contributed by atoms with E-state index in [1.807, 2.05) is 4.90 Å². The summed E-state index contributed by atoms with van der Waals surface area (Å²) in [6.45, 7) is 7.63. The lowest BCUT2D eigenvalue weighted by atomic mass is 9.94. The zero-order chi connectivity index (χ0) is 20.8. The molecule has 2 rings (SSSR count). The van der Waals surface area contributed by atoms with Gasteiger partial charge >= 0.3 is 0 Å². The summed E-state index contributed by atoms with van der Waals surface area (Å²) in [5.74, 6) is -4.36. The lowest BCUT2D eigenvalue weighted by Gasteiger charge is -2.34. The second kappa shape index (κ2) is 9.91. The summed E-state index contributed by atoms with van der Waals surface area (Å²) in [5.41, 5.74) is -0.393. The van der Waals surface area contributed by atoms with Crippen molar-refractivity contribution in [3.8, 4) is 0 Å². The number of carbonyl (C=O) groups excluding carboxylic acids is 2. The van der Waals surface area contributed by atoms with Crippen molar-refractivity contribution in [2.75, 3.05) is 25.0 Å². The number of hydrogen-bond donors (Lipinski definition) is 2. The van der Waals surface area contributed by atoms with Gasteiger partial charge in [-0.2, -0.15) is 0 Å². The Labute approximate surface area is 163 Å². The van der Waals surface area contributed by atoms with Crippen LogP contribution in [-0.4, -0.2) is 42.4 Å². The largest absolute Gasteiger partial charge is 0.356 e. The highest BCUT2D eigenvalue weighted by molar-refractivity contribution is 5.94. The number of likely N-dealkylation sites (tertiary alicyclic amines) is 1. The van der Waals surface area contributed by atoms with Crippen LogP contribution in [0.5, 0.6) is 0 Å². The van der Waals surface area contributed by atoms with Gasteiger partial charge < -0.3 is 10.6 Å². The summed E-state index contributed by atoms with van der Waals surface area (Å²) in [5, 5.41) is 5.26. The molecule has 1 saturated heterocycles. The Bertz CT molecular complexity index is 704. The summed E-state index contributed by atoms with van der Waals surface area (Å²) >= 11 is 0. The van der Waals surface area contributed by atoms with Gasteiger partial charge in [0.15, 0.2) is 17.5 Å². The molecule has 1 aromatic rings. The molecular formula is C20H28F3N3O2. The number of rotatable bonds is 7. The molecule has 156 valence electrons. The van der Waals surface area contributed by atoms with Crippen molar-refractivity contribution in [2.45, 2.75) is 46.1 Å². The zero-order valence-corrected chi connectivity index (χ0v) is 16.5. The molecule has 0 bridgehead atoms. The second-order valence-electron chi connectivity index (χ2n) is 7.67. The first kappa shape index (κ1) is 22.2. The summed E-state index contributed by atoms with van der Waals surface area (Å²) in [6.07, 6.45) is 2.19. The molecule has 2 N–H and O–H groups in total. The highest BCUT2D eigenvalue weighted by Crippen LogP contribution is 2.22. The molecule has 1 atom stereocenters. The molecule has 0 saturated carbocycles. The maximum absolute atomic E-state index is 13.7. The third-order valence-electron chi connectivity index (χ3n) is 5.14. The Morgan fingerprint density at radius 3 is 2.36 bits per heavy atom. The van der Waals surface area contributed by atoms with E-state index in [1.54, 1.807) is 6.92 Å². The molecule has 5 nitrogen and oxygen atoms in total. The van der Waals surface area contributed by atoms with Crippen LogP contribution >= 0.6 is 0 Å². The second-order valence-corrected chi connectivity index (χ2v) is 7.67. The van der Waals surface area contributed by atoms with Gasteiger partial charge in [-0.1, -0.05) is 13.8 Å². The van der Waals surface area contributed by atoms with E-state index in [0.717, 1.165) is 18.6 Å². The third kappa shape index (κ3) is 5.70. The van der Waals surface area contributed by atoms with Gasteiger partial charge in [0.2, 0.25) is 11.8 Å². The molecule has 0 spiro atoms. The number of carbonyl (C=O) groups is 2. The van der Waals surface area contributed by atoms with E-state index < -0.39 is 35.1 Å². The molecular weight excluding hydrogens is 371 g/mol. The quantitative estimate of drug-likeness (QED) is 0.692. The van der Waals surface area contributed by atoms with Crippen molar-refractivity contribution < 1.29 is 22.8 Å². The Kier molecular flexibility index (Phi) is 7.86. The number of nitrogens with zero attached hydrogens (tertiary/aromatic N) is 1. The molecule has 1 heterocycles. The maximum atomic E-state index is 13.7. The highest BCUT2D eigenvalue weighted by atomic mass is 19.2. The number of anilines is 1. The summed E-state index contributed by atoms with van der Waals surface area (Å²) < 4.78 is 40.0. The van der Waals surface area contributed by atoms with Crippen LogP contribution < -0.4 is 10.6 Å². The number of nitrogens with one attached hydrogen (secondary N) is 2. The zero-order valence-electron chi connectivity index (χ0n) is 16.5. The van der Waals surface area contributed by atoms with Crippen LogP contribution in [0.4, 0.5) is 18.9 Å². The van der Waals surface area contributed by atoms with Gasteiger partial charge in [-0.3, -0.25) is 14.5 Å². The lowest BCUT2D eigenvalue weighted by molar-refractivity contribution is -0.127. The molecule has 2 amide bonds. The number of hydrogen-bond acceptors (Lipinski definition) is 3. The number of benzene rings is 1. The van der Waals surface area contributed by atoms with E-state index >= 15 is 0 Å². The molecule has 0 aromatic heterocycles. The predicted octanol–water partition coefficient (Wildman–Crippen LogP) is 3.31. The average Bonchev–Trinajstić information content (AvgIpc) is 2.67. The van der Waals surface area contributed by atoms with Crippen molar-refractivity contribution in [3.05, 3.63) is 29.6 Å². The topological polar surface area (TPSA) is 61.4 Å². The molecule has 1 aromatic carbocycles. The first-order valence-electron chi connectivity index (χ1n) is 9.66. The smallest absolute Gasteiger partial charge is 0.241 e. The Hall–Kier alpha value is -2.09. The van der Waals surface area contributed by atoms with E-state index in [4.69, 9.17) is 0 Å². The van der Waals surface area contributed by atoms with Gasteiger partial charge in [0, 0.05) is 12.5 Å². The minimum absolute atomic E-state index is 0.0428. The molecule has 28 heavy (non-hydrogen) atoms. The molecule has 1 fully saturated rings. The SMILES string of the molecule is CC(C)CCNC(=O)C1CCN([C@H](C)C(=O)Nc2ccc(F)c(F)c2F)CC1. The van der Waals surface area contributed by atoms with Gasteiger partial charge in [0.05, 0.1) is 11.7 Å². The third-order valence-corrected chi connectivity index (χ3v) is 5.14. The molecule has 0 aliphatic carbocycles. The van der Waals surface area contributed by atoms with Crippen LogP contribution in [0.3, 0.4) is 0 Å². The normalized spacial score (nSPS) is 16.8. The predicted molar refractivity (Wildman–Crippen MR) is 101 cm³/mol. The average molecular weight is 399 g/mol. The number of piperidine rings is 1. The van der Waals surface area contributed by atoms with Crippen LogP contribution in [-0.2, 0) is 9.59 Å². The molecule has 8 heteroatoms. The standard InChI is InChI=1S/C20H28F3N3O2/c1-12(2)6-9-24-20(28)14-7-10-26(11-8-14)13(3)19(27)25-16-5-4-15(21)17(22)18(16)23/h4-5,12-14H,6-11H2,1-3H3,(H,24,28)(H,25,27)/t13-/m1/s1. The number of amides is 2. The monoisotopic (exact) mass is 399 g/mol. The van der Waals surface area contributed by atoms with Gasteiger partial charge in [-0.25, -0.2) is 13.2 Å². The first-order chi connectivity index (χ1) is 13.2. The van der Waals surface area contributed by atoms with Crippen molar-refractivity contribution in [2.24, 2.45) is 11.8 Å². The Balaban J connectivity index is 1.84. The molecule has 1 aliphatic rings. The van der Waals surface area contributed by atoms with Crippen molar-refractivity contribution >= 4 is 17.5 Å². The van der Waals surface area contributed by atoms with Crippen LogP contribution in [0.1, 0.15) is 40.0 Å². The van der Waals surface area contributed by atoms with Crippen LogP contribution in [0.25, 0.3) is 0 Å². The van der Waals surface area contributed by atoms with Gasteiger partial charge in [-0.15, -0.1) is 0 Å². The molecule has 0 radical (unpaired) electrons. The molecule has 0 unspecified atom stereocenters. The van der Waals surface area contributed by atoms with E-state index in [1.165, 1.54) is 0 Å².